The van der Waals surface area contributed by atoms with Crippen LogP contribution in [0.3, 0.4) is 0 Å². The second-order valence-electron chi connectivity index (χ2n) is 5.27. The molecule has 2 rings (SSSR count). The van der Waals surface area contributed by atoms with E-state index in [1.165, 1.54) is 0 Å². The van der Waals surface area contributed by atoms with Crippen LogP contribution in [0.5, 0.6) is 0 Å². The van der Waals surface area contributed by atoms with Crippen molar-refractivity contribution in [2.45, 2.75) is 44.6 Å². The summed E-state index contributed by atoms with van der Waals surface area (Å²) in [4.78, 5) is 0.368. The Morgan fingerprint density at radius 1 is 1.35 bits per heavy atom. The van der Waals surface area contributed by atoms with Crippen LogP contribution < -0.4 is 4.72 Å². The Balaban J connectivity index is 2.27. The van der Waals surface area contributed by atoms with Crippen LogP contribution in [0.2, 0.25) is 0 Å². The normalized spacial score (nSPS) is 19.5. The number of benzene rings is 1. The van der Waals surface area contributed by atoms with Crippen LogP contribution in [0.1, 0.15) is 29.5 Å². The highest BCUT2D eigenvalue weighted by atomic mass is 79.9. The third-order valence-corrected chi connectivity index (χ3v) is 6.53. The Bertz CT molecular complexity index is 607. The molecule has 20 heavy (non-hydrogen) atoms. The highest BCUT2D eigenvalue weighted by Crippen LogP contribution is 2.30. The molecule has 0 spiro atoms. The van der Waals surface area contributed by atoms with E-state index in [1.807, 2.05) is 26.8 Å². The van der Waals surface area contributed by atoms with Crippen molar-refractivity contribution in [1.29, 1.82) is 0 Å². The molecule has 1 fully saturated rings. The van der Waals surface area contributed by atoms with Gasteiger partial charge in [-0.1, -0.05) is 22.0 Å². The maximum absolute atomic E-state index is 12.5. The van der Waals surface area contributed by atoms with Crippen molar-refractivity contribution in [1.82, 2.24) is 4.72 Å². The van der Waals surface area contributed by atoms with Gasteiger partial charge in [0.25, 0.3) is 0 Å². The lowest BCUT2D eigenvalue weighted by atomic mass is 10.1. The van der Waals surface area contributed by atoms with Crippen LogP contribution in [-0.4, -0.2) is 27.7 Å². The molecule has 4 nitrogen and oxygen atoms in total. The van der Waals surface area contributed by atoms with Gasteiger partial charge in [-0.3, -0.25) is 0 Å². The van der Waals surface area contributed by atoms with Crippen molar-refractivity contribution < 1.29 is 13.2 Å². The van der Waals surface area contributed by atoms with E-state index in [-0.39, 0.29) is 6.10 Å². The van der Waals surface area contributed by atoms with Gasteiger partial charge in [-0.05, 0) is 50.3 Å². The molecule has 0 unspecified atom stereocenters. The number of ether oxygens (including phenoxy) is 1. The second kappa shape index (κ2) is 6.13. The fourth-order valence-electron chi connectivity index (χ4n) is 2.64. The van der Waals surface area contributed by atoms with Gasteiger partial charge in [0, 0.05) is 17.6 Å². The standard InChI is InChI=1S/C14H20BrNO3S/c1-9-7-10(2)14(11(3)13(9)15)20(17,18)16-8-12-5-4-6-19-12/h7,12,16H,4-6,8H2,1-3H3/t12-/m1/s1. The van der Waals surface area contributed by atoms with E-state index in [0.717, 1.165) is 40.6 Å². The summed E-state index contributed by atoms with van der Waals surface area (Å²) in [5.41, 5.74) is 2.56. The number of halogens is 1. The van der Waals surface area contributed by atoms with Crippen LogP contribution in [0.15, 0.2) is 15.4 Å². The fourth-order valence-corrected chi connectivity index (χ4v) is 4.62. The molecule has 0 aliphatic carbocycles. The van der Waals surface area contributed by atoms with E-state index in [1.54, 1.807) is 0 Å². The van der Waals surface area contributed by atoms with Crippen molar-refractivity contribution in [3.05, 3.63) is 27.2 Å². The van der Waals surface area contributed by atoms with E-state index in [2.05, 4.69) is 20.7 Å². The van der Waals surface area contributed by atoms with Gasteiger partial charge in [-0.2, -0.15) is 0 Å². The van der Waals surface area contributed by atoms with Gasteiger partial charge in [-0.15, -0.1) is 0 Å². The average Bonchev–Trinajstić information content (AvgIpc) is 2.86. The Labute approximate surface area is 129 Å². The van der Waals surface area contributed by atoms with Gasteiger partial charge in [0.1, 0.15) is 0 Å². The molecule has 1 heterocycles. The molecular weight excluding hydrogens is 342 g/mol. The van der Waals surface area contributed by atoms with Crippen molar-refractivity contribution >= 4 is 26.0 Å². The first-order valence-electron chi connectivity index (χ1n) is 6.70. The van der Waals surface area contributed by atoms with Crippen molar-refractivity contribution in [3.63, 3.8) is 0 Å². The molecule has 0 saturated carbocycles. The third-order valence-electron chi connectivity index (χ3n) is 3.60. The molecule has 6 heteroatoms. The van der Waals surface area contributed by atoms with Crippen LogP contribution in [0.4, 0.5) is 0 Å². The fraction of sp³-hybridized carbons (Fsp3) is 0.571. The van der Waals surface area contributed by atoms with Gasteiger partial charge in [0.15, 0.2) is 0 Å². The number of hydrogen-bond acceptors (Lipinski definition) is 3. The Kier molecular flexibility index (Phi) is 4.89. The molecule has 0 radical (unpaired) electrons. The van der Waals surface area contributed by atoms with Crippen LogP contribution in [0, 0.1) is 20.8 Å². The molecule has 1 N–H and O–H groups in total. The van der Waals surface area contributed by atoms with E-state index >= 15 is 0 Å². The van der Waals surface area contributed by atoms with Crippen molar-refractivity contribution in [2.24, 2.45) is 0 Å². The molecule has 0 bridgehead atoms. The highest BCUT2D eigenvalue weighted by Gasteiger charge is 2.24. The number of aryl methyl sites for hydroxylation is 2. The lowest BCUT2D eigenvalue weighted by Crippen LogP contribution is -2.32. The molecule has 1 aromatic carbocycles. The van der Waals surface area contributed by atoms with Gasteiger partial charge in [-0.25, -0.2) is 13.1 Å². The summed E-state index contributed by atoms with van der Waals surface area (Å²) in [7, 11) is -3.51. The molecule has 1 saturated heterocycles. The quantitative estimate of drug-likeness (QED) is 0.896. The predicted octanol–water partition coefficient (Wildman–Crippen LogP) is 2.83. The zero-order valence-corrected chi connectivity index (χ0v) is 14.4. The van der Waals surface area contributed by atoms with E-state index in [4.69, 9.17) is 4.74 Å². The number of nitrogens with one attached hydrogen (secondary N) is 1. The first-order chi connectivity index (χ1) is 9.33. The first kappa shape index (κ1) is 15.9. The molecule has 1 aliphatic heterocycles. The number of rotatable bonds is 4. The Morgan fingerprint density at radius 2 is 2.05 bits per heavy atom. The van der Waals surface area contributed by atoms with Gasteiger partial charge < -0.3 is 4.74 Å². The van der Waals surface area contributed by atoms with Crippen LogP contribution >= 0.6 is 15.9 Å². The highest BCUT2D eigenvalue weighted by molar-refractivity contribution is 9.10. The summed E-state index contributed by atoms with van der Waals surface area (Å²) >= 11 is 3.46. The van der Waals surface area contributed by atoms with E-state index in [0.29, 0.717) is 11.4 Å². The summed E-state index contributed by atoms with van der Waals surface area (Å²) in [6, 6.07) is 1.89. The summed E-state index contributed by atoms with van der Waals surface area (Å²) in [6.07, 6.45) is 1.91. The Morgan fingerprint density at radius 3 is 2.65 bits per heavy atom. The zero-order valence-electron chi connectivity index (χ0n) is 12.0. The molecule has 1 atom stereocenters. The van der Waals surface area contributed by atoms with E-state index in [9.17, 15) is 8.42 Å². The predicted molar refractivity (Wildman–Crippen MR) is 82.5 cm³/mol. The van der Waals surface area contributed by atoms with Crippen molar-refractivity contribution in [3.8, 4) is 0 Å². The largest absolute Gasteiger partial charge is 0.377 e. The maximum Gasteiger partial charge on any atom is 0.241 e. The summed E-state index contributed by atoms with van der Waals surface area (Å²) in [5.74, 6) is 0. The minimum Gasteiger partial charge on any atom is -0.377 e. The van der Waals surface area contributed by atoms with E-state index < -0.39 is 10.0 Å². The molecule has 0 aromatic heterocycles. The molecule has 1 aromatic rings. The minimum atomic E-state index is -3.51. The van der Waals surface area contributed by atoms with Crippen LogP contribution in [0.25, 0.3) is 0 Å². The smallest absolute Gasteiger partial charge is 0.241 e. The lowest BCUT2D eigenvalue weighted by molar-refractivity contribution is 0.114. The summed E-state index contributed by atoms with van der Waals surface area (Å²) in [5, 5.41) is 0. The third kappa shape index (κ3) is 3.24. The van der Waals surface area contributed by atoms with Gasteiger partial charge in [0.05, 0.1) is 11.0 Å². The molecule has 1 aliphatic rings. The second-order valence-corrected chi connectivity index (χ2v) is 7.76. The monoisotopic (exact) mass is 361 g/mol. The molecular formula is C14H20BrNO3S. The average molecular weight is 362 g/mol. The molecule has 112 valence electrons. The summed E-state index contributed by atoms with van der Waals surface area (Å²) in [6.45, 7) is 6.67. The maximum atomic E-state index is 12.5. The van der Waals surface area contributed by atoms with Gasteiger partial charge in [0.2, 0.25) is 10.0 Å². The van der Waals surface area contributed by atoms with Crippen LogP contribution in [-0.2, 0) is 14.8 Å². The first-order valence-corrected chi connectivity index (χ1v) is 8.98. The minimum absolute atomic E-state index is 0.000670. The lowest BCUT2D eigenvalue weighted by Gasteiger charge is -2.16. The Hall–Kier alpha value is -0.430. The number of sulfonamides is 1. The van der Waals surface area contributed by atoms with Gasteiger partial charge >= 0.3 is 0 Å². The summed E-state index contributed by atoms with van der Waals surface area (Å²) < 4.78 is 34.0. The zero-order chi connectivity index (χ0) is 14.9. The number of hydrogen-bond donors (Lipinski definition) is 1. The van der Waals surface area contributed by atoms with Crippen molar-refractivity contribution in [2.75, 3.05) is 13.2 Å². The topological polar surface area (TPSA) is 55.4 Å². The molecule has 0 amide bonds. The SMILES string of the molecule is Cc1cc(C)c(S(=O)(=O)NC[C@H]2CCCO2)c(C)c1Br.